The second-order valence-corrected chi connectivity index (χ2v) is 7.81. The van der Waals surface area contributed by atoms with Gasteiger partial charge >= 0.3 is 5.69 Å². The van der Waals surface area contributed by atoms with Gasteiger partial charge in [-0.3, -0.25) is 10.1 Å². The Labute approximate surface area is 161 Å². The van der Waals surface area contributed by atoms with Crippen molar-refractivity contribution in [1.82, 2.24) is 4.31 Å². The van der Waals surface area contributed by atoms with Crippen LogP contribution in [0.15, 0.2) is 41.3 Å². The molecule has 0 aromatic heterocycles. The second kappa shape index (κ2) is 8.64. The van der Waals surface area contributed by atoms with Gasteiger partial charge in [0.2, 0.25) is 10.0 Å². The topological polar surface area (TPSA) is 89.8 Å². The van der Waals surface area contributed by atoms with Crippen LogP contribution in [-0.2, 0) is 16.6 Å². The lowest BCUT2D eigenvalue weighted by molar-refractivity contribution is -0.386. The van der Waals surface area contributed by atoms with E-state index < -0.39 is 26.5 Å². The van der Waals surface area contributed by atoms with E-state index in [0.29, 0.717) is 0 Å². The van der Waals surface area contributed by atoms with E-state index in [4.69, 9.17) is 16.3 Å². The summed E-state index contributed by atoms with van der Waals surface area (Å²) in [7, 11) is -3.86. The van der Waals surface area contributed by atoms with Crippen LogP contribution in [0.1, 0.15) is 19.4 Å². The van der Waals surface area contributed by atoms with Crippen LogP contribution in [0.3, 0.4) is 0 Å². The highest BCUT2D eigenvalue weighted by Gasteiger charge is 2.26. The highest BCUT2D eigenvalue weighted by atomic mass is 35.5. The van der Waals surface area contributed by atoms with Gasteiger partial charge < -0.3 is 4.74 Å². The van der Waals surface area contributed by atoms with E-state index in [-0.39, 0.29) is 40.9 Å². The molecule has 0 aliphatic carbocycles. The quantitative estimate of drug-likeness (QED) is 0.479. The van der Waals surface area contributed by atoms with Crippen molar-refractivity contribution in [1.29, 1.82) is 0 Å². The van der Waals surface area contributed by atoms with E-state index in [1.54, 1.807) is 13.8 Å². The number of hydrogen-bond acceptors (Lipinski definition) is 5. The first-order valence-electron chi connectivity index (χ1n) is 8.06. The molecule has 27 heavy (non-hydrogen) atoms. The molecular weight excluding hydrogens is 399 g/mol. The van der Waals surface area contributed by atoms with Crippen LogP contribution in [0.4, 0.5) is 10.1 Å². The van der Waals surface area contributed by atoms with Gasteiger partial charge in [0.1, 0.15) is 12.4 Å². The third-order valence-electron chi connectivity index (χ3n) is 3.90. The van der Waals surface area contributed by atoms with Crippen LogP contribution in [0, 0.1) is 15.9 Å². The molecule has 0 unspecified atom stereocenters. The van der Waals surface area contributed by atoms with Crippen LogP contribution < -0.4 is 4.74 Å². The van der Waals surface area contributed by atoms with Gasteiger partial charge in [0.05, 0.1) is 14.8 Å². The van der Waals surface area contributed by atoms with Crippen molar-refractivity contribution in [3.05, 3.63) is 62.9 Å². The van der Waals surface area contributed by atoms with Gasteiger partial charge in [0.25, 0.3) is 0 Å². The maximum Gasteiger partial charge on any atom is 0.312 e. The van der Waals surface area contributed by atoms with Crippen LogP contribution in [0.25, 0.3) is 0 Å². The number of nitro groups is 1. The van der Waals surface area contributed by atoms with Gasteiger partial charge in [-0.25, -0.2) is 12.8 Å². The lowest BCUT2D eigenvalue weighted by Crippen LogP contribution is -2.30. The monoisotopic (exact) mass is 416 g/mol. The highest BCUT2D eigenvalue weighted by molar-refractivity contribution is 7.89. The number of nitrogens with zero attached hydrogens (tertiary/aromatic N) is 2. The van der Waals surface area contributed by atoms with Gasteiger partial charge in [-0.1, -0.05) is 31.5 Å². The molecule has 0 amide bonds. The zero-order valence-electron chi connectivity index (χ0n) is 14.7. The molecule has 0 aliphatic heterocycles. The van der Waals surface area contributed by atoms with Crippen molar-refractivity contribution < 1.29 is 22.5 Å². The maximum absolute atomic E-state index is 13.8. The third-order valence-corrected chi connectivity index (χ3v) is 6.30. The summed E-state index contributed by atoms with van der Waals surface area (Å²) < 4.78 is 45.4. The fourth-order valence-electron chi connectivity index (χ4n) is 2.46. The second-order valence-electron chi connectivity index (χ2n) is 5.46. The van der Waals surface area contributed by atoms with Crippen molar-refractivity contribution in [3.63, 3.8) is 0 Å². The van der Waals surface area contributed by atoms with E-state index in [1.807, 2.05) is 0 Å². The summed E-state index contributed by atoms with van der Waals surface area (Å²) in [5.74, 6) is -0.788. The first kappa shape index (κ1) is 21.1. The van der Waals surface area contributed by atoms with Gasteiger partial charge in [0, 0.05) is 24.7 Å². The van der Waals surface area contributed by atoms with Gasteiger partial charge in [-0.2, -0.15) is 4.31 Å². The molecule has 0 radical (unpaired) electrons. The van der Waals surface area contributed by atoms with Crippen LogP contribution in [0.5, 0.6) is 5.75 Å². The number of sulfonamides is 1. The molecule has 2 aromatic carbocycles. The van der Waals surface area contributed by atoms with E-state index in [0.717, 1.165) is 6.07 Å². The summed E-state index contributed by atoms with van der Waals surface area (Å²) in [6.45, 7) is 3.47. The van der Waals surface area contributed by atoms with E-state index in [2.05, 4.69) is 0 Å². The van der Waals surface area contributed by atoms with Crippen LogP contribution in [0.2, 0.25) is 5.02 Å². The molecule has 0 fully saturated rings. The van der Waals surface area contributed by atoms with Crippen LogP contribution >= 0.6 is 11.6 Å². The fraction of sp³-hybridized carbons (Fsp3) is 0.294. The Morgan fingerprint density at radius 2 is 1.89 bits per heavy atom. The summed E-state index contributed by atoms with van der Waals surface area (Å²) in [4.78, 5) is 10.4. The molecule has 2 aromatic rings. The normalized spacial score (nSPS) is 11.6. The molecule has 146 valence electrons. The predicted molar refractivity (Wildman–Crippen MR) is 98.9 cm³/mol. The van der Waals surface area contributed by atoms with Gasteiger partial charge in [-0.05, 0) is 24.3 Å². The van der Waals surface area contributed by atoms with Crippen molar-refractivity contribution in [2.45, 2.75) is 25.3 Å². The summed E-state index contributed by atoms with van der Waals surface area (Å²) in [5, 5.41) is 11.5. The molecule has 0 bridgehead atoms. The van der Waals surface area contributed by atoms with Crippen molar-refractivity contribution in [3.8, 4) is 5.75 Å². The Kier molecular flexibility index (Phi) is 6.74. The van der Waals surface area contributed by atoms with Crippen molar-refractivity contribution >= 4 is 27.3 Å². The van der Waals surface area contributed by atoms with E-state index in [1.165, 1.54) is 34.6 Å². The minimum absolute atomic E-state index is 0.0494. The minimum atomic E-state index is -3.86. The largest absolute Gasteiger partial charge is 0.482 e. The molecule has 0 spiro atoms. The Balaban J connectivity index is 2.38. The molecule has 0 N–H and O–H groups in total. The zero-order chi connectivity index (χ0) is 20.2. The standard InChI is InChI=1S/C17H18ClFN2O5S/c1-3-20(4-2)27(24,25)12-8-9-17(16(10-12)21(22)23)26-11-13-14(18)6-5-7-15(13)19/h5-10H,3-4,11H2,1-2H3. The van der Waals surface area contributed by atoms with Crippen molar-refractivity contribution in [2.75, 3.05) is 13.1 Å². The SMILES string of the molecule is CCN(CC)S(=O)(=O)c1ccc(OCc2c(F)cccc2Cl)c([N+](=O)[O-])c1. The Hall–Kier alpha value is -2.23. The molecule has 0 aliphatic rings. The summed E-state index contributed by atoms with van der Waals surface area (Å²) in [6, 6.07) is 7.43. The van der Waals surface area contributed by atoms with Crippen LogP contribution in [-0.4, -0.2) is 30.7 Å². The maximum atomic E-state index is 13.8. The lowest BCUT2D eigenvalue weighted by Gasteiger charge is -2.18. The molecule has 0 atom stereocenters. The number of benzene rings is 2. The van der Waals surface area contributed by atoms with Crippen molar-refractivity contribution in [2.24, 2.45) is 0 Å². The number of halogens is 2. The molecular formula is C17H18ClFN2O5S. The molecule has 0 saturated carbocycles. The van der Waals surface area contributed by atoms with E-state index >= 15 is 0 Å². The summed E-state index contributed by atoms with van der Waals surface area (Å²) in [5.41, 5.74) is -0.482. The van der Waals surface area contributed by atoms with E-state index in [9.17, 15) is 22.9 Å². The summed E-state index contributed by atoms with van der Waals surface area (Å²) >= 11 is 5.91. The Morgan fingerprint density at radius 3 is 2.44 bits per heavy atom. The summed E-state index contributed by atoms with van der Waals surface area (Å²) in [6.07, 6.45) is 0. The average Bonchev–Trinajstić information content (AvgIpc) is 2.62. The molecule has 2 rings (SSSR count). The van der Waals surface area contributed by atoms with Gasteiger partial charge in [-0.15, -0.1) is 0 Å². The average molecular weight is 417 g/mol. The molecule has 0 heterocycles. The molecule has 10 heteroatoms. The number of hydrogen-bond donors (Lipinski definition) is 0. The number of nitro benzene ring substituents is 1. The molecule has 0 saturated heterocycles. The third kappa shape index (κ3) is 4.55. The minimum Gasteiger partial charge on any atom is -0.482 e. The number of rotatable bonds is 8. The predicted octanol–water partition coefficient (Wildman–Crippen LogP) is 4.00. The smallest absolute Gasteiger partial charge is 0.312 e. The Bertz CT molecular complexity index is 928. The Morgan fingerprint density at radius 1 is 1.22 bits per heavy atom. The zero-order valence-corrected chi connectivity index (χ0v) is 16.3. The first-order valence-corrected chi connectivity index (χ1v) is 9.88. The van der Waals surface area contributed by atoms with Gasteiger partial charge in [0.15, 0.2) is 5.75 Å². The highest BCUT2D eigenvalue weighted by Crippen LogP contribution is 2.32. The first-order chi connectivity index (χ1) is 12.7. The number of ether oxygens (including phenoxy) is 1. The fourth-order valence-corrected chi connectivity index (χ4v) is 4.15. The lowest BCUT2D eigenvalue weighted by atomic mass is 10.2. The molecule has 7 nitrogen and oxygen atoms in total.